The van der Waals surface area contributed by atoms with E-state index in [1.807, 2.05) is 59.5 Å². The van der Waals surface area contributed by atoms with Crippen molar-refractivity contribution < 1.29 is 37.9 Å². The van der Waals surface area contributed by atoms with Crippen LogP contribution in [0, 0.1) is 11.2 Å². The van der Waals surface area contributed by atoms with Gasteiger partial charge in [-0.1, -0.05) is 65.8 Å². The molecule has 0 saturated carbocycles. The zero-order valence-corrected chi connectivity index (χ0v) is 24.9. The van der Waals surface area contributed by atoms with Crippen LogP contribution in [0.15, 0.2) is 77.3 Å². The second kappa shape index (κ2) is 13.0. The minimum absolute atomic E-state index is 0.0225. The van der Waals surface area contributed by atoms with Gasteiger partial charge in [0.25, 0.3) is 11.8 Å². The molecule has 1 aromatic heterocycles. The average molecular weight is 627 g/mol. The van der Waals surface area contributed by atoms with Gasteiger partial charge in [0.05, 0.1) is 0 Å². The number of amides is 2. The number of likely N-dealkylation sites (tertiary alicyclic amines) is 2. The van der Waals surface area contributed by atoms with Crippen molar-refractivity contribution in [3.05, 3.63) is 84.2 Å². The van der Waals surface area contributed by atoms with Crippen molar-refractivity contribution in [2.45, 2.75) is 32.2 Å². The molecule has 0 atom stereocenters. The first kappa shape index (κ1) is 30.8. The number of esters is 1. The molecule has 0 bridgehead atoms. The Balaban J connectivity index is 1.04. The normalized spacial score (nSPS) is 16.4. The lowest BCUT2D eigenvalue weighted by Gasteiger charge is -2.37. The van der Waals surface area contributed by atoms with Crippen LogP contribution in [0.1, 0.15) is 31.2 Å². The summed E-state index contributed by atoms with van der Waals surface area (Å²) in [5.74, 6) is -3.06. The highest BCUT2D eigenvalue weighted by Gasteiger charge is 2.50. The number of nitrogens with zero attached hydrogens (tertiary/aromatic N) is 4. The lowest BCUT2D eigenvalue weighted by Crippen LogP contribution is -2.50. The number of benzene rings is 3. The van der Waals surface area contributed by atoms with E-state index in [-0.39, 0.29) is 37.6 Å². The van der Waals surface area contributed by atoms with Crippen LogP contribution in [0.4, 0.5) is 4.39 Å². The van der Waals surface area contributed by atoms with E-state index in [0.717, 1.165) is 16.0 Å². The topological polar surface area (TPSA) is 143 Å². The van der Waals surface area contributed by atoms with E-state index in [9.17, 15) is 28.7 Å². The Bertz CT molecular complexity index is 1770. The summed E-state index contributed by atoms with van der Waals surface area (Å²) in [4.78, 5) is 56.6. The quantitative estimate of drug-likeness (QED) is 0.207. The maximum Gasteiger partial charge on any atom is 0.324 e. The number of ether oxygens (including phenoxy) is 1. The molecule has 0 unspecified atom stereocenters. The summed E-state index contributed by atoms with van der Waals surface area (Å²) in [5.41, 5.74) is 1.62. The van der Waals surface area contributed by atoms with Crippen molar-refractivity contribution in [3.8, 4) is 34.0 Å². The largest absolute Gasteiger partial charge is 0.480 e. The zero-order valence-electron chi connectivity index (χ0n) is 24.9. The van der Waals surface area contributed by atoms with Gasteiger partial charge < -0.3 is 14.4 Å². The van der Waals surface area contributed by atoms with Gasteiger partial charge in [-0.3, -0.25) is 29.0 Å². The molecule has 1 N–H and O–H groups in total. The van der Waals surface area contributed by atoms with Gasteiger partial charge in [-0.2, -0.15) is 4.98 Å². The number of carbonyl (C=O) groups is 4. The lowest BCUT2D eigenvalue weighted by molar-refractivity contribution is -0.175. The third kappa shape index (κ3) is 6.29. The van der Waals surface area contributed by atoms with Gasteiger partial charge >= 0.3 is 11.9 Å². The number of imide groups is 1. The molecular weight excluding hydrogens is 595 g/mol. The molecule has 0 spiro atoms. The summed E-state index contributed by atoms with van der Waals surface area (Å²) in [6.45, 7) is 0.793. The SMILES string of the molecule is O=C1CCCN1C(=O)COC(=O)C1(C(=O)O)CCN(Cc2ccc(-c3noc(-c4ccc(-c5ccccc5)c(F)c4)n3)cc2)CC1. The van der Waals surface area contributed by atoms with Crippen molar-refractivity contribution in [3.63, 3.8) is 0 Å². The maximum absolute atomic E-state index is 14.9. The van der Waals surface area contributed by atoms with Crippen LogP contribution < -0.4 is 0 Å². The molecule has 12 heteroatoms. The van der Waals surface area contributed by atoms with Gasteiger partial charge in [0.15, 0.2) is 12.0 Å². The predicted molar refractivity (Wildman–Crippen MR) is 162 cm³/mol. The van der Waals surface area contributed by atoms with Crippen LogP contribution >= 0.6 is 0 Å². The van der Waals surface area contributed by atoms with Crippen LogP contribution in [-0.2, 0) is 30.5 Å². The monoisotopic (exact) mass is 626 g/mol. The summed E-state index contributed by atoms with van der Waals surface area (Å²) >= 11 is 0. The molecule has 3 aromatic carbocycles. The minimum Gasteiger partial charge on any atom is -0.480 e. The van der Waals surface area contributed by atoms with E-state index in [1.165, 1.54) is 6.07 Å². The first-order chi connectivity index (χ1) is 22.2. The summed E-state index contributed by atoms with van der Waals surface area (Å²) in [6.07, 6.45) is 0.868. The Labute approximate surface area is 263 Å². The molecule has 3 heterocycles. The van der Waals surface area contributed by atoms with Crippen LogP contribution in [0.2, 0.25) is 0 Å². The highest BCUT2D eigenvalue weighted by atomic mass is 19.1. The van der Waals surface area contributed by atoms with E-state index >= 15 is 0 Å². The number of aromatic nitrogens is 2. The lowest BCUT2D eigenvalue weighted by atomic mass is 9.78. The first-order valence-corrected chi connectivity index (χ1v) is 15.0. The fourth-order valence-corrected chi connectivity index (χ4v) is 5.83. The van der Waals surface area contributed by atoms with Crippen LogP contribution in [-0.4, -0.2) is 75.0 Å². The van der Waals surface area contributed by atoms with Gasteiger partial charge in [0, 0.05) is 49.3 Å². The van der Waals surface area contributed by atoms with Gasteiger partial charge in [0.1, 0.15) is 5.82 Å². The number of carboxylic acids is 1. The average Bonchev–Trinajstić information content (AvgIpc) is 3.74. The summed E-state index contributed by atoms with van der Waals surface area (Å²) in [6, 6.07) is 21.5. The number of carbonyl (C=O) groups excluding carboxylic acids is 3. The molecule has 4 aromatic rings. The van der Waals surface area contributed by atoms with Crippen molar-refractivity contribution in [2.75, 3.05) is 26.2 Å². The fourth-order valence-electron chi connectivity index (χ4n) is 5.83. The molecule has 6 rings (SSSR count). The molecule has 2 amide bonds. The van der Waals surface area contributed by atoms with Crippen LogP contribution in [0.5, 0.6) is 0 Å². The van der Waals surface area contributed by atoms with Gasteiger partial charge in [-0.05, 0) is 42.5 Å². The maximum atomic E-state index is 14.9. The number of hydrogen-bond donors (Lipinski definition) is 1. The number of hydrogen-bond acceptors (Lipinski definition) is 9. The Morgan fingerprint density at radius 1 is 0.935 bits per heavy atom. The summed E-state index contributed by atoms with van der Waals surface area (Å²) < 4.78 is 25.4. The second-order valence-corrected chi connectivity index (χ2v) is 11.5. The van der Waals surface area contributed by atoms with E-state index in [0.29, 0.717) is 48.6 Å². The van der Waals surface area contributed by atoms with E-state index in [2.05, 4.69) is 10.1 Å². The molecular formula is C34H31FN4O7. The standard InChI is InChI=1S/C34H31FN4O7/c35-27-19-25(12-13-26(27)23-5-2-1-3-6-23)31-36-30(37-46-31)24-10-8-22(9-11-24)20-38-17-14-34(15-18-38,32(42)43)33(44)45-21-29(41)39-16-4-7-28(39)40/h1-3,5-6,8-13,19H,4,7,14-18,20-21H2,(H,42,43). The fraction of sp³-hybridized carbons (Fsp3) is 0.294. The Morgan fingerprint density at radius 2 is 1.65 bits per heavy atom. The van der Waals surface area contributed by atoms with E-state index in [4.69, 9.17) is 9.26 Å². The molecule has 0 radical (unpaired) electrons. The Kier molecular flexibility index (Phi) is 8.71. The summed E-state index contributed by atoms with van der Waals surface area (Å²) in [5, 5.41) is 14.0. The first-order valence-electron chi connectivity index (χ1n) is 15.0. The van der Waals surface area contributed by atoms with E-state index in [1.54, 1.807) is 12.1 Å². The van der Waals surface area contributed by atoms with Crippen molar-refractivity contribution in [2.24, 2.45) is 5.41 Å². The van der Waals surface area contributed by atoms with Crippen molar-refractivity contribution in [1.82, 2.24) is 19.9 Å². The number of carboxylic acid groups (broad SMARTS) is 1. The second-order valence-electron chi connectivity index (χ2n) is 11.5. The third-order valence-electron chi connectivity index (χ3n) is 8.56. The molecule has 2 aliphatic heterocycles. The summed E-state index contributed by atoms with van der Waals surface area (Å²) in [7, 11) is 0. The molecule has 2 aliphatic rings. The van der Waals surface area contributed by atoms with Crippen molar-refractivity contribution in [1.29, 1.82) is 0 Å². The zero-order chi connectivity index (χ0) is 32.3. The molecule has 236 valence electrons. The third-order valence-corrected chi connectivity index (χ3v) is 8.56. The smallest absolute Gasteiger partial charge is 0.324 e. The highest BCUT2D eigenvalue weighted by molar-refractivity contribution is 6.01. The van der Waals surface area contributed by atoms with Crippen molar-refractivity contribution >= 4 is 23.8 Å². The van der Waals surface area contributed by atoms with Gasteiger partial charge in [-0.15, -0.1) is 0 Å². The van der Waals surface area contributed by atoms with Crippen LogP contribution in [0.3, 0.4) is 0 Å². The number of halogens is 1. The van der Waals surface area contributed by atoms with Gasteiger partial charge in [0.2, 0.25) is 11.7 Å². The number of aliphatic carboxylic acids is 1. The highest BCUT2D eigenvalue weighted by Crippen LogP contribution is 2.34. The molecule has 0 aliphatic carbocycles. The number of piperidine rings is 1. The molecule has 2 fully saturated rings. The molecule has 46 heavy (non-hydrogen) atoms. The minimum atomic E-state index is -1.75. The Hall–Kier alpha value is -5.23. The van der Waals surface area contributed by atoms with Crippen LogP contribution in [0.25, 0.3) is 34.0 Å². The molecule has 2 saturated heterocycles. The van der Waals surface area contributed by atoms with E-state index < -0.39 is 35.7 Å². The molecule has 11 nitrogen and oxygen atoms in total. The Morgan fingerprint density at radius 3 is 2.30 bits per heavy atom. The number of rotatable bonds is 9. The van der Waals surface area contributed by atoms with Gasteiger partial charge in [-0.25, -0.2) is 4.39 Å². The predicted octanol–water partition coefficient (Wildman–Crippen LogP) is 4.57.